The zero-order chi connectivity index (χ0) is 16.8. The van der Waals surface area contributed by atoms with E-state index in [4.69, 9.17) is 24.7 Å². The molecular weight excluding hydrogens is 342 g/mol. The quantitative estimate of drug-likeness (QED) is 0.175. The minimum absolute atomic E-state index is 1.10. The number of hydrogen-bond donors (Lipinski definition) is 7. The lowest BCUT2D eigenvalue weighted by atomic mass is 10.1. The third-order valence-corrected chi connectivity index (χ3v) is 2.82. The van der Waals surface area contributed by atoms with Gasteiger partial charge in [0, 0.05) is 0 Å². The molecule has 0 aliphatic rings. The van der Waals surface area contributed by atoms with Crippen LogP contribution in [0.15, 0.2) is 0 Å². The van der Waals surface area contributed by atoms with Crippen molar-refractivity contribution in [3.05, 3.63) is 0 Å². The molecule has 21 heavy (non-hydrogen) atoms. The molecule has 0 aromatic heterocycles. The number of phosphoric acid groups is 2. The van der Waals surface area contributed by atoms with Gasteiger partial charge in [0.05, 0.1) is 13.2 Å². The highest BCUT2D eigenvalue weighted by Crippen LogP contribution is 2.37. The molecule has 3 atom stereocenters. The van der Waals surface area contributed by atoms with Crippen LogP contribution >= 0.6 is 15.6 Å². The third kappa shape index (κ3) is 10.7. The van der Waals surface area contributed by atoms with Crippen LogP contribution < -0.4 is 0 Å². The molecule has 0 aromatic rings. The summed E-state index contributed by atoms with van der Waals surface area (Å²) in [6.07, 6.45) is -8.04. The molecule has 0 saturated heterocycles. The summed E-state index contributed by atoms with van der Waals surface area (Å²) in [4.78, 5) is 44.0. The van der Waals surface area contributed by atoms with Gasteiger partial charge >= 0.3 is 21.8 Å². The zero-order valence-corrected chi connectivity index (χ0v) is 11.9. The Bertz CT molecular complexity index is 424. The summed E-state index contributed by atoms with van der Waals surface area (Å²) >= 11 is 0. The molecule has 13 nitrogen and oxygen atoms in total. The Morgan fingerprint density at radius 2 is 1.38 bits per heavy atom. The lowest BCUT2D eigenvalue weighted by Crippen LogP contribution is -2.44. The second-order valence-electron chi connectivity index (χ2n) is 3.55. The maximum absolute atomic E-state index is 10.5. The summed E-state index contributed by atoms with van der Waals surface area (Å²) < 4.78 is 32.7. The van der Waals surface area contributed by atoms with Gasteiger partial charge in [-0.3, -0.25) is 9.05 Å². The van der Waals surface area contributed by atoms with Gasteiger partial charge in [0.1, 0.15) is 12.2 Å². The highest BCUT2D eigenvalue weighted by Gasteiger charge is 2.33. The van der Waals surface area contributed by atoms with Gasteiger partial charge in [-0.25, -0.2) is 13.9 Å². The highest BCUT2D eigenvalue weighted by molar-refractivity contribution is 7.46. The van der Waals surface area contributed by atoms with Crippen molar-refractivity contribution in [3.8, 4) is 0 Å². The third-order valence-electron chi connectivity index (χ3n) is 1.85. The molecule has 0 heterocycles. The van der Waals surface area contributed by atoms with Crippen LogP contribution in [0.4, 0.5) is 4.79 Å². The standard InChI is InChI=1S/C6H14O13P2/c7-3(1-17-20(11,12)13)5(8)4(19-6(9)10)2-18-21(14,15)16/h3-5,7-8H,1-2H2,(H,9,10)(H2,11,12,13)(H2,14,15,16)/t3-,4-,5-/m1/s1. The number of ether oxygens (including phenoxy) is 1. The van der Waals surface area contributed by atoms with E-state index in [9.17, 15) is 24.1 Å². The van der Waals surface area contributed by atoms with Gasteiger partial charge in [0.2, 0.25) is 0 Å². The van der Waals surface area contributed by atoms with E-state index in [1.165, 1.54) is 0 Å². The normalized spacial score (nSPS) is 17.0. The van der Waals surface area contributed by atoms with Gasteiger partial charge < -0.3 is 39.6 Å². The molecule has 0 aliphatic carbocycles. The average molecular weight is 356 g/mol. The van der Waals surface area contributed by atoms with Crippen molar-refractivity contribution in [2.45, 2.75) is 18.3 Å². The molecule has 0 amide bonds. The molecule has 0 radical (unpaired) electrons. The van der Waals surface area contributed by atoms with Crippen LogP contribution in [-0.2, 0) is 22.9 Å². The fourth-order valence-corrected chi connectivity index (χ4v) is 1.71. The summed E-state index contributed by atoms with van der Waals surface area (Å²) in [6, 6.07) is 0. The van der Waals surface area contributed by atoms with Gasteiger partial charge in [-0.05, 0) is 0 Å². The smallest absolute Gasteiger partial charge is 0.450 e. The Balaban J connectivity index is 4.69. The number of aliphatic hydroxyl groups is 2. The number of carboxylic acid groups (broad SMARTS) is 1. The van der Waals surface area contributed by atoms with E-state index in [2.05, 4.69) is 13.8 Å². The minimum atomic E-state index is -5.00. The van der Waals surface area contributed by atoms with E-state index in [0.29, 0.717) is 0 Å². The predicted molar refractivity (Wildman–Crippen MR) is 60.9 cm³/mol. The second kappa shape index (κ2) is 8.15. The lowest BCUT2D eigenvalue weighted by Gasteiger charge is -2.25. The average Bonchev–Trinajstić information content (AvgIpc) is 2.28. The number of phosphoric ester groups is 2. The highest BCUT2D eigenvalue weighted by atomic mass is 31.2. The molecule has 126 valence electrons. The monoisotopic (exact) mass is 356 g/mol. The molecule has 0 saturated carbocycles. The van der Waals surface area contributed by atoms with Crippen LogP contribution in [0, 0.1) is 0 Å². The molecular formula is C6H14O13P2. The summed E-state index contributed by atoms with van der Waals surface area (Å²) in [5.41, 5.74) is 0. The van der Waals surface area contributed by atoms with Gasteiger partial charge in [-0.1, -0.05) is 0 Å². The van der Waals surface area contributed by atoms with E-state index in [1.807, 2.05) is 0 Å². The molecule has 0 bridgehead atoms. The summed E-state index contributed by atoms with van der Waals surface area (Å²) in [7, 11) is -9.94. The first-order valence-corrected chi connectivity index (χ1v) is 8.04. The van der Waals surface area contributed by atoms with Crippen molar-refractivity contribution in [1.82, 2.24) is 0 Å². The fraction of sp³-hybridized carbons (Fsp3) is 0.833. The number of aliphatic hydroxyl groups excluding tert-OH is 2. The van der Waals surface area contributed by atoms with E-state index < -0.39 is 53.3 Å². The Morgan fingerprint density at radius 3 is 1.76 bits per heavy atom. The van der Waals surface area contributed by atoms with Gasteiger partial charge in [0.15, 0.2) is 6.10 Å². The zero-order valence-electron chi connectivity index (χ0n) is 10.1. The van der Waals surface area contributed by atoms with Crippen molar-refractivity contribution >= 4 is 21.8 Å². The number of hydrogen-bond acceptors (Lipinski definition) is 8. The van der Waals surface area contributed by atoms with E-state index in [0.717, 1.165) is 0 Å². The molecule has 0 unspecified atom stereocenters. The van der Waals surface area contributed by atoms with Crippen molar-refractivity contribution in [2.75, 3.05) is 13.2 Å². The molecule has 0 aromatic carbocycles. The Hall–Kier alpha value is -0.590. The van der Waals surface area contributed by atoms with E-state index in [1.54, 1.807) is 0 Å². The van der Waals surface area contributed by atoms with E-state index >= 15 is 0 Å². The number of rotatable bonds is 9. The Morgan fingerprint density at radius 1 is 0.952 bits per heavy atom. The summed E-state index contributed by atoms with van der Waals surface area (Å²) in [5, 5.41) is 27.3. The maximum atomic E-state index is 10.5. The Labute approximate surface area is 117 Å². The Kier molecular flexibility index (Phi) is 7.92. The molecule has 0 fully saturated rings. The number of carbonyl (C=O) groups is 1. The molecule has 0 aliphatic heterocycles. The summed E-state index contributed by atoms with van der Waals surface area (Å²) in [6.45, 7) is -2.22. The molecule has 15 heteroatoms. The van der Waals surface area contributed by atoms with Crippen molar-refractivity contribution < 1.29 is 62.6 Å². The van der Waals surface area contributed by atoms with Crippen LogP contribution in [0.3, 0.4) is 0 Å². The second-order valence-corrected chi connectivity index (χ2v) is 6.03. The topological polar surface area (TPSA) is 221 Å². The molecule has 0 spiro atoms. The predicted octanol–water partition coefficient (Wildman–Crippen LogP) is -2.01. The van der Waals surface area contributed by atoms with Crippen molar-refractivity contribution in [3.63, 3.8) is 0 Å². The van der Waals surface area contributed by atoms with Crippen LogP contribution in [0.5, 0.6) is 0 Å². The van der Waals surface area contributed by atoms with Crippen molar-refractivity contribution in [2.24, 2.45) is 0 Å². The van der Waals surface area contributed by atoms with Gasteiger partial charge in [-0.15, -0.1) is 0 Å². The fourth-order valence-electron chi connectivity index (χ4n) is 1.02. The first kappa shape index (κ1) is 20.4. The largest absolute Gasteiger partial charge is 0.506 e. The first-order valence-electron chi connectivity index (χ1n) is 4.97. The minimum Gasteiger partial charge on any atom is -0.450 e. The molecule has 7 N–H and O–H groups in total. The lowest BCUT2D eigenvalue weighted by molar-refractivity contribution is -0.0989. The molecule has 0 rings (SSSR count). The van der Waals surface area contributed by atoms with Crippen LogP contribution in [0.2, 0.25) is 0 Å². The maximum Gasteiger partial charge on any atom is 0.506 e. The first-order chi connectivity index (χ1) is 9.32. The van der Waals surface area contributed by atoms with Gasteiger partial charge in [0.25, 0.3) is 0 Å². The van der Waals surface area contributed by atoms with E-state index in [-0.39, 0.29) is 0 Å². The van der Waals surface area contributed by atoms with Gasteiger partial charge in [-0.2, -0.15) is 0 Å². The van der Waals surface area contributed by atoms with Crippen LogP contribution in [0.1, 0.15) is 0 Å². The van der Waals surface area contributed by atoms with Crippen LogP contribution in [-0.4, -0.2) is 72.6 Å². The van der Waals surface area contributed by atoms with Crippen LogP contribution in [0.25, 0.3) is 0 Å². The summed E-state index contributed by atoms with van der Waals surface area (Å²) in [5.74, 6) is 0. The SMILES string of the molecule is O=C(O)O[C@H](COP(=O)(O)O)[C@H](O)[C@H](O)COP(=O)(O)O. The van der Waals surface area contributed by atoms with Crippen molar-refractivity contribution in [1.29, 1.82) is 0 Å².